The molecule has 0 radical (unpaired) electrons. The molecule has 4 N–H and O–H groups in total. The van der Waals surface area contributed by atoms with E-state index in [0.29, 0.717) is 29.9 Å². The van der Waals surface area contributed by atoms with Crippen LogP contribution in [0.3, 0.4) is 0 Å². The highest BCUT2D eigenvalue weighted by atomic mass is 32.2. The van der Waals surface area contributed by atoms with Crippen LogP contribution in [0.4, 0.5) is 0 Å². The Morgan fingerprint density at radius 3 is 2.88 bits per heavy atom. The van der Waals surface area contributed by atoms with Gasteiger partial charge in [0.2, 0.25) is 5.79 Å². The molecule has 1 spiro atoms. The zero-order valence-corrected chi connectivity index (χ0v) is 15.3. The summed E-state index contributed by atoms with van der Waals surface area (Å²) in [7, 11) is 0. The standard InChI is InChI=1S/C17H26O7S/c1-10-7-12-15(8-22-17(10,20)13(15)19)14(2)4-3-11(23-12)16(14,24-21)9-25-6-5-18/h7,11-13,18-21H,3-6,8-9H2,1-2H3/t11-,12-,13+,14-,15-,16+,17-/m1/s1. The number of fused-ring (bicyclic) bond motifs is 3. The number of rotatable bonds is 5. The Morgan fingerprint density at radius 2 is 2.20 bits per heavy atom. The predicted molar refractivity (Wildman–Crippen MR) is 90.0 cm³/mol. The van der Waals surface area contributed by atoms with Crippen LogP contribution >= 0.6 is 11.8 Å². The summed E-state index contributed by atoms with van der Waals surface area (Å²) >= 11 is 1.48. The van der Waals surface area contributed by atoms with Crippen LogP contribution in [0.15, 0.2) is 11.6 Å². The van der Waals surface area contributed by atoms with E-state index < -0.39 is 34.4 Å². The normalized spacial score (nSPS) is 53.7. The monoisotopic (exact) mass is 374 g/mol. The van der Waals surface area contributed by atoms with E-state index in [4.69, 9.17) is 19.5 Å². The van der Waals surface area contributed by atoms with E-state index in [0.717, 1.165) is 0 Å². The van der Waals surface area contributed by atoms with Crippen molar-refractivity contribution >= 4 is 11.8 Å². The molecule has 0 unspecified atom stereocenters. The van der Waals surface area contributed by atoms with Crippen molar-refractivity contribution in [2.75, 3.05) is 24.7 Å². The molecule has 25 heavy (non-hydrogen) atoms. The van der Waals surface area contributed by atoms with E-state index in [2.05, 4.69) is 0 Å². The maximum absolute atomic E-state index is 11.1. The lowest BCUT2D eigenvalue weighted by Gasteiger charge is -2.61. The molecule has 8 heteroatoms. The number of hydrogen-bond donors (Lipinski definition) is 4. The number of thioether (sulfide) groups is 1. The van der Waals surface area contributed by atoms with Crippen molar-refractivity contribution in [3.05, 3.63) is 11.6 Å². The van der Waals surface area contributed by atoms with Crippen molar-refractivity contribution in [2.45, 2.75) is 56.4 Å². The minimum absolute atomic E-state index is 0.0373. The summed E-state index contributed by atoms with van der Waals surface area (Å²) in [5, 5.41) is 41.0. The lowest BCUT2D eigenvalue weighted by Crippen LogP contribution is -2.73. The molecule has 3 fully saturated rings. The van der Waals surface area contributed by atoms with Crippen molar-refractivity contribution < 1.29 is 34.9 Å². The zero-order chi connectivity index (χ0) is 18.1. The Bertz CT molecular complexity index is 600. The first-order chi connectivity index (χ1) is 11.8. The highest BCUT2D eigenvalue weighted by Gasteiger charge is 2.81. The van der Waals surface area contributed by atoms with Crippen LogP contribution in [0.5, 0.6) is 0 Å². The first kappa shape index (κ1) is 18.2. The third-order valence-electron chi connectivity index (χ3n) is 7.28. The van der Waals surface area contributed by atoms with Gasteiger partial charge in [0, 0.05) is 16.9 Å². The molecular weight excluding hydrogens is 348 g/mol. The average Bonchev–Trinajstić information content (AvgIpc) is 2.92. The summed E-state index contributed by atoms with van der Waals surface area (Å²) in [5.41, 5.74) is -2.05. The smallest absolute Gasteiger partial charge is 0.215 e. The summed E-state index contributed by atoms with van der Waals surface area (Å²) in [6.07, 6.45) is 1.31. The third kappa shape index (κ3) is 1.87. The second-order valence-corrected chi connectivity index (χ2v) is 9.06. The second kappa shape index (κ2) is 5.65. The van der Waals surface area contributed by atoms with E-state index >= 15 is 0 Å². The molecule has 0 amide bonds. The fourth-order valence-corrected chi connectivity index (χ4v) is 6.80. The Balaban J connectivity index is 1.82. The molecule has 4 rings (SSSR count). The Hall–Kier alpha value is -0.190. The van der Waals surface area contributed by atoms with E-state index in [1.54, 1.807) is 6.92 Å². The van der Waals surface area contributed by atoms with Crippen LogP contribution in [-0.2, 0) is 14.4 Å². The van der Waals surface area contributed by atoms with Gasteiger partial charge in [-0.25, -0.2) is 4.89 Å². The summed E-state index contributed by atoms with van der Waals surface area (Å²) in [6, 6.07) is 0. The van der Waals surface area contributed by atoms with Gasteiger partial charge in [0.1, 0.15) is 11.7 Å². The molecule has 0 aromatic heterocycles. The van der Waals surface area contributed by atoms with Crippen molar-refractivity contribution in [1.29, 1.82) is 0 Å². The van der Waals surface area contributed by atoms with Crippen LogP contribution in [0.2, 0.25) is 0 Å². The molecule has 4 aliphatic rings. The van der Waals surface area contributed by atoms with Crippen molar-refractivity contribution in [1.82, 2.24) is 0 Å². The van der Waals surface area contributed by atoms with E-state index in [-0.39, 0.29) is 19.3 Å². The first-order valence-corrected chi connectivity index (χ1v) is 9.88. The average molecular weight is 374 g/mol. The van der Waals surface area contributed by atoms with Gasteiger partial charge in [-0.2, -0.15) is 11.8 Å². The molecule has 0 aromatic carbocycles. The highest BCUT2D eigenvalue weighted by Crippen LogP contribution is 2.71. The van der Waals surface area contributed by atoms with Gasteiger partial charge in [0.25, 0.3) is 0 Å². The van der Waals surface area contributed by atoms with Gasteiger partial charge in [-0.1, -0.05) is 13.0 Å². The fraction of sp³-hybridized carbons (Fsp3) is 0.882. The summed E-state index contributed by atoms with van der Waals surface area (Å²) in [6.45, 7) is 3.89. The van der Waals surface area contributed by atoms with Crippen molar-refractivity contribution in [2.24, 2.45) is 10.8 Å². The zero-order valence-electron chi connectivity index (χ0n) is 14.5. The Kier molecular flexibility index (Phi) is 4.11. The van der Waals surface area contributed by atoms with Gasteiger partial charge in [-0.05, 0) is 25.3 Å². The van der Waals surface area contributed by atoms with E-state index in [1.165, 1.54) is 11.8 Å². The first-order valence-electron chi connectivity index (χ1n) is 8.72. The molecule has 2 aliphatic carbocycles. The van der Waals surface area contributed by atoms with Gasteiger partial charge in [0.05, 0.1) is 30.8 Å². The summed E-state index contributed by atoms with van der Waals surface area (Å²) < 4.78 is 12.0. The van der Waals surface area contributed by atoms with Gasteiger partial charge in [-0.3, -0.25) is 5.26 Å². The number of ether oxygens (including phenoxy) is 2. The molecule has 7 atom stereocenters. The van der Waals surface area contributed by atoms with Crippen LogP contribution < -0.4 is 0 Å². The van der Waals surface area contributed by atoms with Gasteiger partial charge in [-0.15, -0.1) is 0 Å². The molecule has 0 aromatic rings. The van der Waals surface area contributed by atoms with Gasteiger partial charge in [0.15, 0.2) is 0 Å². The van der Waals surface area contributed by atoms with Crippen molar-refractivity contribution in [3.8, 4) is 0 Å². The van der Waals surface area contributed by atoms with Crippen molar-refractivity contribution in [3.63, 3.8) is 0 Å². The van der Waals surface area contributed by atoms with Gasteiger partial charge >= 0.3 is 0 Å². The molecule has 2 heterocycles. The van der Waals surface area contributed by atoms with E-state index in [1.807, 2.05) is 13.0 Å². The number of hydrogen-bond acceptors (Lipinski definition) is 8. The molecule has 2 saturated heterocycles. The van der Waals surface area contributed by atoms with Crippen LogP contribution in [-0.4, -0.2) is 75.0 Å². The molecular formula is C17H26O7S. The van der Waals surface area contributed by atoms with Crippen LogP contribution in [0.1, 0.15) is 26.7 Å². The molecule has 2 aliphatic heterocycles. The number of aliphatic hydroxyl groups excluding tert-OH is 2. The molecule has 1 saturated carbocycles. The minimum Gasteiger partial charge on any atom is -0.396 e. The van der Waals surface area contributed by atoms with Crippen LogP contribution in [0, 0.1) is 10.8 Å². The summed E-state index contributed by atoms with van der Waals surface area (Å²) in [4.78, 5) is 5.12. The largest absolute Gasteiger partial charge is 0.396 e. The topological polar surface area (TPSA) is 109 Å². The Morgan fingerprint density at radius 1 is 1.44 bits per heavy atom. The Labute approximate surface area is 150 Å². The summed E-state index contributed by atoms with van der Waals surface area (Å²) in [5.74, 6) is -0.780. The van der Waals surface area contributed by atoms with Crippen LogP contribution in [0.25, 0.3) is 0 Å². The van der Waals surface area contributed by atoms with Gasteiger partial charge < -0.3 is 24.8 Å². The maximum atomic E-state index is 11.1. The maximum Gasteiger partial charge on any atom is 0.215 e. The highest BCUT2D eigenvalue weighted by molar-refractivity contribution is 7.99. The molecule has 7 nitrogen and oxygen atoms in total. The SMILES string of the molecule is CC1=C[C@H]2O[C@@H]3CC[C@](C)([C@]24CO[C@@]1(O)[C@H]4O)[C@@]3(CSCCO)OO. The lowest BCUT2D eigenvalue weighted by molar-refractivity contribution is -0.401. The molecule has 4 bridgehead atoms. The number of aliphatic hydroxyl groups is 3. The third-order valence-corrected chi connectivity index (χ3v) is 8.38. The molecule has 142 valence electrons. The fourth-order valence-electron chi connectivity index (χ4n) is 5.66. The second-order valence-electron chi connectivity index (χ2n) is 7.95. The predicted octanol–water partition coefficient (Wildman–Crippen LogP) is 0.534. The lowest BCUT2D eigenvalue weighted by atomic mass is 9.50. The van der Waals surface area contributed by atoms with E-state index in [9.17, 15) is 15.5 Å². The quantitative estimate of drug-likeness (QED) is 0.239. The minimum atomic E-state index is -1.72.